The van der Waals surface area contributed by atoms with E-state index in [1.807, 2.05) is 31.2 Å². The minimum Gasteiger partial charge on any atom is -0.318 e. The van der Waals surface area contributed by atoms with Crippen LogP contribution < -0.4 is 0 Å². The molecule has 0 heterocycles. The quantitative estimate of drug-likeness (QED) is 0.366. The number of hydrogen-bond acceptors (Lipinski definition) is 5. The van der Waals surface area contributed by atoms with E-state index in [1.165, 1.54) is 13.0 Å². The third-order valence-electron chi connectivity index (χ3n) is 3.22. The topological polar surface area (TPSA) is 81.8 Å². The number of rotatable bonds is 5. The molecular weight excluding hydrogens is 296 g/mol. The summed E-state index contributed by atoms with van der Waals surface area (Å²) in [4.78, 5) is 26.5. The molecular formula is C17H16N2O4. The molecule has 0 aliphatic heterocycles. The zero-order chi connectivity index (χ0) is 16.8. The lowest BCUT2D eigenvalue weighted by Gasteiger charge is -2.07. The SMILES string of the molecule is CC(=O)ON=C(Cc1ccccc1[N+](=O)[O-])c1ccc(C)cc1. The Kier molecular flexibility index (Phi) is 5.19. The number of oxime groups is 1. The molecule has 0 aliphatic carbocycles. The number of nitro groups is 1. The van der Waals surface area contributed by atoms with E-state index in [-0.39, 0.29) is 12.1 Å². The molecule has 0 saturated carbocycles. The van der Waals surface area contributed by atoms with Crippen molar-refractivity contribution < 1.29 is 14.6 Å². The Hall–Kier alpha value is -3.02. The molecule has 0 aromatic heterocycles. The zero-order valence-electron chi connectivity index (χ0n) is 12.9. The van der Waals surface area contributed by atoms with Gasteiger partial charge in [-0.05, 0) is 12.5 Å². The van der Waals surface area contributed by atoms with E-state index >= 15 is 0 Å². The van der Waals surface area contributed by atoms with Crippen molar-refractivity contribution in [3.8, 4) is 0 Å². The Balaban J connectivity index is 2.39. The first-order chi connectivity index (χ1) is 11.0. The van der Waals surface area contributed by atoms with Crippen LogP contribution in [0.25, 0.3) is 0 Å². The minimum atomic E-state index is -0.544. The summed E-state index contributed by atoms with van der Waals surface area (Å²) >= 11 is 0. The highest BCUT2D eigenvalue weighted by Gasteiger charge is 2.16. The van der Waals surface area contributed by atoms with Crippen LogP contribution in [0, 0.1) is 17.0 Å². The van der Waals surface area contributed by atoms with Gasteiger partial charge in [0.15, 0.2) is 0 Å². The molecule has 0 bridgehead atoms. The normalized spacial score (nSPS) is 11.1. The van der Waals surface area contributed by atoms with E-state index in [4.69, 9.17) is 4.84 Å². The van der Waals surface area contributed by atoms with Crippen molar-refractivity contribution in [3.63, 3.8) is 0 Å². The number of carbonyl (C=O) groups is 1. The number of para-hydroxylation sites is 1. The fourth-order valence-electron chi connectivity index (χ4n) is 2.07. The van der Waals surface area contributed by atoms with E-state index in [0.717, 1.165) is 11.1 Å². The third-order valence-corrected chi connectivity index (χ3v) is 3.22. The van der Waals surface area contributed by atoms with Gasteiger partial charge in [0.25, 0.3) is 5.69 Å². The van der Waals surface area contributed by atoms with Gasteiger partial charge in [0.1, 0.15) is 0 Å². The second-order valence-electron chi connectivity index (χ2n) is 5.05. The number of nitrogens with zero attached hydrogens (tertiary/aromatic N) is 2. The van der Waals surface area contributed by atoms with E-state index in [9.17, 15) is 14.9 Å². The van der Waals surface area contributed by atoms with E-state index in [0.29, 0.717) is 11.3 Å². The number of carbonyl (C=O) groups excluding carboxylic acids is 1. The molecule has 6 nitrogen and oxygen atoms in total. The second-order valence-corrected chi connectivity index (χ2v) is 5.05. The molecule has 2 aromatic carbocycles. The standard InChI is InChI=1S/C17H16N2O4/c1-12-7-9-14(10-8-12)16(18-23-13(2)20)11-15-5-3-4-6-17(15)19(21)22/h3-10H,11H2,1-2H3. The average Bonchev–Trinajstić information content (AvgIpc) is 2.52. The second kappa shape index (κ2) is 7.31. The summed E-state index contributed by atoms with van der Waals surface area (Å²) in [6, 6.07) is 13.9. The van der Waals surface area contributed by atoms with Gasteiger partial charge in [0.2, 0.25) is 0 Å². The van der Waals surface area contributed by atoms with E-state index in [2.05, 4.69) is 5.16 Å². The highest BCUT2D eigenvalue weighted by atomic mass is 16.7. The highest BCUT2D eigenvalue weighted by molar-refractivity contribution is 6.02. The lowest BCUT2D eigenvalue weighted by atomic mass is 10.0. The smallest absolute Gasteiger partial charge is 0.318 e. The first kappa shape index (κ1) is 16.4. The van der Waals surface area contributed by atoms with Crippen molar-refractivity contribution in [2.24, 2.45) is 5.16 Å². The van der Waals surface area contributed by atoms with Gasteiger partial charge in [-0.15, -0.1) is 0 Å². The molecule has 0 fully saturated rings. The van der Waals surface area contributed by atoms with Gasteiger partial charge in [-0.2, -0.15) is 0 Å². The number of aryl methyl sites for hydroxylation is 1. The molecule has 0 aliphatic rings. The van der Waals surface area contributed by atoms with Crippen LogP contribution in [0.5, 0.6) is 0 Å². The Bertz CT molecular complexity index is 751. The van der Waals surface area contributed by atoms with E-state index in [1.54, 1.807) is 18.2 Å². The number of benzene rings is 2. The van der Waals surface area contributed by atoms with E-state index < -0.39 is 10.9 Å². The first-order valence-corrected chi connectivity index (χ1v) is 7.01. The monoisotopic (exact) mass is 312 g/mol. The Morgan fingerprint density at radius 3 is 2.43 bits per heavy atom. The maximum atomic E-state index is 11.1. The summed E-state index contributed by atoms with van der Waals surface area (Å²) < 4.78 is 0. The molecule has 0 saturated heterocycles. The molecule has 23 heavy (non-hydrogen) atoms. The molecule has 0 radical (unpaired) electrons. The largest absolute Gasteiger partial charge is 0.331 e. The average molecular weight is 312 g/mol. The summed E-state index contributed by atoms with van der Waals surface area (Å²) in [5.74, 6) is -0.544. The van der Waals surface area contributed by atoms with Crippen LogP contribution in [0.1, 0.15) is 23.6 Å². The molecule has 0 spiro atoms. The molecule has 2 rings (SSSR count). The number of hydrogen-bond donors (Lipinski definition) is 0. The Morgan fingerprint density at radius 1 is 1.17 bits per heavy atom. The molecule has 0 amide bonds. The minimum absolute atomic E-state index is 0.00939. The fraction of sp³-hybridized carbons (Fsp3) is 0.176. The molecule has 2 aromatic rings. The Labute approximate surface area is 133 Å². The summed E-state index contributed by atoms with van der Waals surface area (Å²) in [6.07, 6.45) is 0.188. The van der Waals surface area contributed by atoms with Crippen LogP contribution in [0.15, 0.2) is 53.7 Å². The summed E-state index contributed by atoms with van der Waals surface area (Å²) in [5.41, 5.74) is 2.79. The predicted octanol–water partition coefficient (Wildman–Crippen LogP) is 3.41. The molecule has 118 valence electrons. The lowest BCUT2D eigenvalue weighted by Crippen LogP contribution is -2.09. The van der Waals surface area contributed by atoms with Crippen molar-refractivity contribution in [2.45, 2.75) is 20.3 Å². The van der Waals surface area contributed by atoms with Crippen molar-refractivity contribution in [3.05, 3.63) is 75.3 Å². The first-order valence-electron chi connectivity index (χ1n) is 7.01. The van der Waals surface area contributed by atoms with Crippen LogP contribution in [-0.4, -0.2) is 16.6 Å². The predicted molar refractivity (Wildman–Crippen MR) is 86.3 cm³/mol. The van der Waals surface area contributed by atoms with Crippen molar-refractivity contribution in [2.75, 3.05) is 0 Å². The summed E-state index contributed by atoms with van der Waals surface area (Å²) in [7, 11) is 0. The highest BCUT2D eigenvalue weighted by Crippen LogP contribution is 2.20. The zero-order valence-corrected chi connectivity index (χ0v) is 12.9. The van der Waals surface area contributed by atoms with Crippen LogP contribution >= 0.6 is 0 Å². The Morgan fingerprint density at radius 2 is 1.83 bits per heavy atom. The van der Waals surface area contributed by atoms with Crippen molar-refractivity contribution >= 4 is 17.4 Å². The van der Waals surface area contributed by atoms with Gasteiger partial charge in [0, 0.05) is 25.0 Å². The summed E-state index contributed by atoms with van der Waals surface area (Å²) in [6.45, 7) is 3.20. The molecule has 0 unspecified atom stereocenters. The van der Waals surface area contributed by atoms with Gasteiger partial charge in [-0.3, -0.25) is 10.1 Å². The fourth-order valence-corrected chi connectivity index (χ4v) is 2.07. The van der Waals surface area contributed by atoms with Gasteiger partial charge in [-0.1, -0.05) is 53.2 Å². The molecule has 0 atom stereocenters. The molecule has 6 heteroatoms. The van der Waals surface area contributed by atoms with Gasteiger partial charge in [0.05, 0.1) is 10.6 Å². The van der Waals surface area contributed by atoms with Crippen molar-refractivity contribution in [1.82, 2.24) is 0 Å². The lowest BCUT2D eigenvalue weighted by molar-refractivity contribution is -0.385. The van der Waals surface area contributed by atoms with Gasteiger partial charge < -0.3 is 4.84 Å². The third kappa shape index (κ3) is 4.47. The number of nitro benzene ring substituents is 1. The van der Waals surface area contributed by atoms with Crippen LogP contribution in [0.3, 0.4) is 0 Å². The van der Waals surface area contributed by atoms with Gasteiger partial charge >= 0.3 is 5.97 Å². The van der Waals surface area contributed by atoms with Crippen LogP contribution in [-0.2, 0) is 16.1 Å². The van der Waals surface area contributed by atoms with Crippen molar-refractivity contribution in [1.29, 1.82) is 0 Å². The van der Waals surface area contributed by atoms with Gasteiger partial charge in [-0.25, -0.2) is 4.79 Å². The van der Waals surface area contributed by atoms with Crippen LogP contribution in [0.2, 0.25) is 0 Å². The summed E-state index contributed by atoms with van der Waals surface area (Å²) in [5, 5.41) is 15.0. The maximum absolute atomic E-state index is 11.1. The maximum Gasteiger partial charge on any atom is 0.331 e. The molecule has 0 N–H and O–H groups in total. The van der Waals surface area contributed by atoms with Crippen LogP contribution in [0.4, 0.5) is 5.69 Å².